The Kier molecular flexibility index (Phi) is 15.7. The lowest BCUT2D eigenvalue weighted by molar-refractivity contribution is -0.902. The van der Waals surface area contributed by atoms with E-state index in [1.54, 1.807) is 0 Å². The molecule has 0 bridgehead atoms. The van der Waals surface area contributed by atoms with Gasteiger partial charge in [-0.1, -0.05) is 96.8 Å². The third kappa shape index (κ3) is 19.9. The first-order valence-corrected chi connectivity index (χ1v) is 10.2. The molecule has 0 saturated carbocycles. The topological polar surface area (TPSA) is 26.0 Å². The Hall–Kier alpha value is -0.0800. The summed E-state index contributed by atoms with van der Waals surface area (Å²) in [6, 6.07) is 0. The van der Waals surface area contributed by atoms with Crippen LogP contribution in [0.5, 0.6) is 0 Å². The van der Waals surface area contributed by atoms with Gasteiger partial charge in [0.1, 0.15) is 0 Å². The van der Waals surface area contributed by atoms with Gasteiger partial charge in [0.15, 0.2) is 0 Å². The van der Waals surface area contributed by atoms with Gasteiger partial charge >= 0.3 is 0 Å². The van der Waals surface area contributed by atoms with Gasteiger partial charge in [0.25, 0.3) is 0 Å². The Morgan fingerprint density at radius 2 is 0.773 bits per heavy atom. The zero-order chi connectivity index (χ0) is 16.5. The molecule has 0 aromatic carbocycles. The number of nitrogens with zero attached hydrogens (tertiary/aromatic N) is 1. The summed E-state index contributed by atoms with van der Waals surface area (Å²) in [5, 5.41) is 0. The van der Waals surface area contributed by atoms with E-state index < -0.39 is 0 Å². The molecule has 0 unspecified atom stereocenters. The Morgan fingerprint density at radius 1 is 0.500 bits per heavy atom. The molecule has 0 aliphatic carbocycles. The van der Waals surface area contributed by atoms with Crippen molar-refractivity contribution in [1.82, 2.24) is 0 Å². The minimum absolute atomic E-state index is 0.624. The molecule has 0 aliphatic rings. The van der Waals surface area contributed by atoms with Crippen molar-refractivity contribution in [2.75, 3.05) is 20.6 Å². The normalized spacial score (nSPS) is 12.0. The maximum Gasteiger partial charge on any atom is 0.0955 e. The predicted molar refractivity (Wildman–Crippen MR) is 101 cm³/mol. The molecule has 0 rings (SSSR count). The molecule has 22 heavy (non-hydrogen) atoms. The second kappa shape index (κ2) is 15.8. The molecule has 0 fully saturated rings. The van der Waals surface area contributed by atoms with Crippen LogP contribution in [0.25, 0.3) is 0 Å². The highest BCUT2D eigenvalue weighted by Crippen LogP contribution is 2.13. The van der Waals surface area contributed by atoms with Crippen LogP contribution in [0.1, 0.15) is 110 Å². The van der Waals surface area contributed by atoms with Gasteiger partial charge in [-0.05, 0) is 12.8 Å². The van der Waals surface area contributed by atoms with Gasteiger partial charge < -0.3 is 0 Å². The van der Waals surface area contributed by atoms with E-state index in [2.05, 4.69) is 21.0 Å². The summed E-state index contributed by atoms with van der Waals surface area (Å²) >= 11 is 0. The average Bonchev–Trinajstić information content (AvgIpc) is 2.45. The van der Waals surface area contributed by atoms with Crippen molar-refractivity contribution in [3.63, 3.8) is 0 Å². The lowest BCUT2D eigenvalue weighted by Crippen LogP contribution is -2.47. The van der Waals surface area contributed by atoms with E-state index in [-0.39, 0.29) is 0 Å². The molecule has 0 amide bonds. The highest BCUT2D eigenvalue weighted by Gasteiger charge is 2.06. The summed E-state index contributed by atoms with van der Waals surface area (Å²) in [5.41, 5.74) is 0. The van der Waals surface area contributed by atoms with E-state index in [0.717, 1.165) is 6.54 Å². The third-order valence-corrected chi connectivity index (χ3v) is 4.59. The first-order valence-electron chi connectivity index (χ1n) is 10.2. The van der Waals surface area contributed by atoms with E-state index in [1.807, 2.05) is 0 Å². The predicted octanol–water partition coefficient (Wildman–Crippen LogP) is 6.20. The van der Waals surface area contributed by atoms with Crippen LogP contribution in [0.3, 0.4) is 0 Å². The summed E-state index contributed by atoms with van der Waals surface area (Å²) in [6.07, 6.45) is 22.9. The standard InChI is InChI=1S/C20H45N2/c1-4-5-6-7-8-9-10-11-12-13-14-15-16-17-18-19-20-22(2,3)21/h4-21H2,1-3H3/q+1. The fourth-order valence-corrected chi connectivity index (χ4v) is 3.07. The van der Waals surface area contributed by atoms with E-state index in [0.29, 0.717) is 4.59 Å². The van der Waals surface area contributed by atoms with Crippen molar-refractivity contribution >= 4 is 0 Å². The summed E-state index contributed by atoms with van der Waals surface area (Å²) in [6.45, 7) is 3.40. The number of hydrogen-bond donors (Lipinski definition) is 1. The number of nitrogens with two attached hydrogens (primary N) is 1. The summed E-state index contributed by atoms with van der Waals surface area (Å²) in [7, 11) is 4.15. The number of quaternary nitrogens is 1. The number of rotatable bonds is 17. The summed E-state index contributed by atoms with van der Waals surface area (Å²) in [5.74, 6) is 5.93. The molecule has 2 heteroatoms. The van der Waals surface area contributed by atoms with Gasteiger partial charge in [-0.2, -0.15) is 5.84 Å². The Labute approximate surface area is 141 Å². The van der Waals surface area contributed by atoms with Gasteiger partial charge in [0.05, 0.1) is 20.6 Å². The molecule has 0 heterocycles. The zero-order valence-electron chi connectivity index (χ0n) is 16.0. The van der Waals surface area contributed by atoms with E-state index in [1.165, 1.54) is 103 Å². The quantitative estimate of drug-likeness (QED) is 0.147. The second-order valence-electron chi connectivity index (χ2n) is 7.81. The molecule has 2 nitrogen and oxygen atoms in total. The van der Waals surface area contributed by atoms with Crippen molar-refractivity contribution in [3.8, 4) is 0 Å². The van der Waals surface area contributed by atoms with Crippen LogP contribution < -0.4 is 5.84 Å². The molecule has 2 N–H and O–H groups in total. The smallest absolute Gasteiger partial charge is 0.0955 e. The first-order chi connectivity index (χ1) is 10.6. The Bertz CT molecular complexity index is 208. The van der Waals surface area contributed by atoms with Crippen LogP contribution >= 0.6 is 0 Å². The Morgan fingerprint density at radius 3 is 1.05 bits per heavy atom. The Balaban J connectivity index is 3.00. The van der Waals surface area contributed by atoms with Crippen LogP contribution in [-0.4, -0.2) is 25.2 Å². The van der Waals surface area contributed by atoms with Crippen LogP contribution in [-0.2, 0) is 0 Å². The van der Waals surface area contributed by atoms with Crippen LogP contribution in [0.4, 0.5) is 0 Å². The largest absolute Gasteiger partial charge is 0.253 e. The number of unbranched alkanes of at least 4 members (excludes halogenated alkanes) is 15. The third-order valence-electron chi connectivity index (χ3n) is 4.59. The molecule has 0 aliphatic heterocycles. The van der Waals surface area contributed by atoms with Gasteiger partial charge in [0, 0.05) is 0 Å². The fraction of sp³-hybridized carbons (Fsp3) is 1.00. The SMILES string of the molecule is CCCCCCCCCCCCCCCCCC[N+](C)(C)N. The zero-order valence-corrected chi connectivity index (χ0v) is 16.0. The van der Waals surface area contributed by atoms with Crippen LogP contribution in [0.2, 0.25) is 0 Å². The van der Waals surface area contributed by atoms with Gasteiger partial charge in [-0.25, -0.2) is 0 Å². The molecular weight excluding hydrogens is 268 g/mol. The minimum atomic E-state index is 0.624. The van der Waals surface area contributed by atoms with Crippen molar-refractivity contribution in [2.45, 2.75) is 110 Å². The number of hydrogen-bond acceptors (Lipinski definition) is 1. The monoisotopic (exact) mass is 313 g/mol. The maximum atomic E-state index is 5.93. The summed E-state index contributed by atoms with van der Waals surface area (Å²) in [4.78, 5) is 0. The van der Waals surface area contributed by atoms with Gasteiger partial charge in [0.2, 0.25) is 0 Å². The fourth-order valence-electron chi connectivity index (χ4n) is 3.07. The molecule has 134 valence electrons. The minimum Gasteiger partial charge on any atom is -0.253 e. The highest BCUT2D eigenvalue weighted by atomic mass is 15.5. The first kappa shape index (κ1) is 21.9. The van der Waals surface area contributed by atoms with Crippen molar-refractivity contribution in [2.24, 2.45) is 5.84 Å². The van der Waals surface area contributed by atoms with Crippen molar-refractivity contribution < 1.29 is 4.59 Å². The molecule has 0 spiro atoms. The second-order valence-corrected chi connectivity index (χ2v) is 7.81. The lowest BCUT2D eigenvalue weighted by Gasteiger charge is -2.21. The molecule has 0 saturated heterocycles. The van der Waals surface area contributed by atoms with Gasteiger partial charge in [-0.15, -0.1) is 0 Å². The molecule has 0 aromatic heterocycles. The lowest BCUT2D eigenvalue weighted by atomic mass is 10.0. The van der Waals surface area contributed by atoms with E-state index in [4.69, 9.17) is 5.84 Å². The molecule has 0 radical (unpaired) electrons. The van der Waals surface area contributed by atoms with Crippen LogP contribution in [0.15, 0.2) is 0 Å². The molecular formula is C20H45N2+. The van der Waals surface area contributed by atoms with Gasteiger partial charge in [-0.3, -0.25) is 4.59 Å². The van der Waals surface area contributed by atoms with Crippen molar-refractivity contribution in [3.05, 3.63) is 0 Å². The maximum absolute atomic E-state index is 5.93. The highest BCUT2D eigenvalue weighted by molar-refractivity contribution is 4.49. The van der Waals surface area contributed by atoms with E-state index in [9.17, 15) is 0 Å². The molecule has 0 atom stereocenters. The molecule has 0 aromatic rings. The summed E-state index contributed by atoms with van der Waals surface area (Å²) < 4.78 is 0.624. The van der Waals surface area contributed by atoms with E-state index >= 15 is 0 Å². The van der Waals surface area contributed by atoms with Crippen LogP contribution in [0, 0.1) is 0 Å². The van der Waals surface area contributed by atoms with Crippen molar-refractivity contribution in [1.29, 1.82) is 0 Å². The average molecular weight is 314 g/mol.